The molecule has 0 aliphatic carbocycles. The van der Waals surface area contributed by atoms with Crippen LogP contribution in [0.3, 0.4) is 0 Å². The minimum Gasteiger partial charge on any atom is -0.506 e. The van der Waals surface area contributed by atoms with Crippen molar-refractivity contribution in [1.82, 2.24) is 4.98 Å². The van der Waals surface area contributed by atoms with Gasteiger partial charge in [0.15, 0.2) is 5.75 Å². The van der Waals surface area contributed by atoms with E-state index in [2.05, 4.69) is 14.5 Å². The SMILES string of the molecule is COC(=O)Cc1c(O)cnc(C(F)F)c1OC(F)(F)F. The van der Waals surface area contributed by atoms with E-state index in [9.17, 15) is 31.9 Å². The number of halogens is 5. The Labute approximate surface area is 108 Å². The van der Waals surface area contributed by atoms with E-state index >= 15 is 0 Å². The number of esters is 1. The van der Waals surface area contributed by atoms with Gasteiger partial charge in [-0.2, -0.15) is 0 Å². The molecule has 0 bridgehead atoms. The third-order valence-electron chi connectivity index (χ3n) is 2.12. The molecule has 0 aromatic carbocycles. The maximum Gasteiger partial charge on any atom is 0.573 e. The van der Waals surface area contributed by atoms with Crippen molar-refractivity contribution < 1.29 is 41.3 Å². The Bertz CT molecular complexity index is 503. The van der Waals surface area contributed by atoms with E-state index in [4.69, 9.17) is 0 Å². The van der Waals surface area contributed by atoms with Crippen LogP contribution in [-0.2, 0) is 16.0 Å². The van der Waals surface area contributed by atoms with Gasteiger partial charge >= 0.3 is 12.3 Å². The number of ether oxygens (including phenoxy) is 2. The van der Waals surface area contributed by atoms with Gasteiger partial charge in [0.1, 0.15) is 11.4 Å². The molecule has 1 rings (SSSR count). The molecule has 1 heterocycles. The minimum atomic E-state index is -5.29. The Morgan fingerprint density at radius 3 is 2.50 bits per heavy atom. The molecule has 10 heteroatoms. The van der Waals surface area contributed by atoms with Gasteiger partial charge in [-0.1, -0.05) is 0 Å². The summed E-state index contributed by atoms with van der Waals surface area (Å²) >= 11 is 0. The highest BCUT2D eigenvalue weighted by atomic mass is 19.4. The molecule has 0 aliphatic rings. The lowest BCUT2D eigenvalue weighted by Gasteiger charge is -2.16. The first-order chi connectivity index (χ1) is 9.15. The van der Waals surface area contributed by atoms with Crippen LogP contribution in [-0.4, -0.2) is 29.5 Å². The largest absolute Gasteiger partial charge is 0.573 e. The van der Waals surface area contributed by atoms with E-state index in [0.717, 1.165) is 7.11 Å². The van der Waals surface area contributed by atoms with Crippen molar-refractivity contribution in [3.63, 3.8) is 0 Å². The van der Waals surface area contributed by atoms with Crippen molar-refractivity contribution in [3.05, 3.63) is 17.5 Å². The Morgan fingerprint density at radius 1 is 1.45 bits per heavy atom. The number of hydrogen-bond donors (Lipinski definition) is 1. The number of aromatic hydroxyl groups is 1. The van der Waals surface area contributed by atoms with Crippen LogP contribution < -0.4 is 4.74 Å². The summed E-state index contributed by atoms with van der Waals surface area (Å²) in [6.07, 6.45) is -9.05. The molecule has 0 atom stereocenters. The molecule has 0 aliphatic heterocycles. The van der Waals surface area contributed by atoms with Gasteiger partial charge in [-0.3, -0.25) is 4.79 Å². The van der Waals surface area contributed by atoms with Crippen LogP contribution in [0.1, 0.15) is 17.7 Å². The van der Waals surface area contributed by atoms with Gasteiger partial charge in [-0.25, -0.2) is 13.8 Å². The molecule has 0 unspecified atom stereocenters. The van der Waals surface area contributed by atoms with E-state index in [0.29, 0.717) is 6.20 Å². The van der Waals surface area contributed by atoms with Gasteiger partial charge in [-0.05, 0) is 0 Å². The topological polar surface area (TPSA) is 68.7 Å². The van der Waals surface area contributed by atoms with Gasteiger partial charge in [0, 0.05) is 0 Å². The number of carbonyl (C=O) groups excluding carboxylic acids is 1. The zero-order chi connectivity index (χ0) is 15.5. The summed E-state index contributed by atoms with van der Waals surface area (Å²) in [4.78, 5) is 14.0. The Balaban J connectivity index is 3.37. The third-order valence-corrected chi connectivity index (χ3v) is 2.12. The number of aromatic nitrogens is 1. The smallest absolute Gasteiger partial charge is 0.506 e. The van der Waals surface area contributed by atoms with Gasteiger partial charge in [0.2, 0.25) is 0 Å². The molecule has 0 amide bonds. The van der Waals surface area contributed by atoms with Crippen molar-refractivity contribution in [2.45, 2.75) is 19.2 Å². The first-order valence-corrected chi connectivity index (χ1v) is 4.97. The van der Waals surface area contributed by atoms with E-state index in [1.807, 2.05) is 0 Å². The zero-order valence-electron chi connectivity index (χ0n) is 9.87. The van der Waals surface area contributed by atoms with Crippen LogP contribution in [0.15, 0.2) is 6.20 Å². The normalized spacial score (nSPS) is 11.6. The summed E-state index contributed by atoms with van der Waals surface area (Å²) in [5.74, 6) is -3.34. The molecule has 20 heavy (non-hydrogen) atoms. The first-order valence-electron chi connectivity index (χ1n) is 4.97. The van der Waals surface area contributed by atoms with Crippen molar-refractivity contribution in [2.24, 2.45) is 0 Å². The summed E-state index contributed by atoms with van der Waals surface area (Å²) in [6, 6.07) is 0. The standard InChI is InChI=1S/C10H8F5NO4/c1-19-6(18)2-4-5(17)3-16-7(9(11)12)8(4)20-10(13,14)15/h3,9,17H,2H2,1H3. The lowest BCUT2D eigenvalue weighted by atomic mass is 10.1. The number of nitrogens with zero attached hydrogens (tertiary/aromatic N) is 1. The van der Waals surface area contributed by atoms with Gasteiger partial charge < -0.3 is 14.6 Å². The predicted octanol–water partition coefficient (Wildman–Crippen LogP) is 2.34. The molecular weight excluding hydrogens is 293 g/mol. The maximum absolute atomic E-state index is 12.6. The monoisotopic (exact) mass is 301 g/mol. The molecule has 112 valence electrons. The highest BCUT2D eigenvalue weighted by molar-refractivity contribution is 5.74. The average Bonchev–Trinajstić information content (AvgIpc) is 2.31. The fourth-order valence-electron chi connectivity index (χ4n) is 1.31. The van der Waals surface area contributed by atoms with Crippen molar-refractivity contribution >= 4 is 5.97 Å². The number of alkyl halides is 5. The van der Waals surface area contributed by atoms with E-state index in [-0.39, 0.29) is 0 Å². The zero-order valence-corrected chi connectivity index (χ0v) is 9.87. The molecule has 0 fully saturated rings. The van der Waals surface area contributed by atoms with Crippen LogP contribution in [0.4, 0.5) is 22.0 Å². The molecular formula is C10H8F5NO4. The molecule has 0 saturated heterocycles. The number of hydrogen-bond acceptors (Lipinski definition) is 5. The number of carbonyl (C=O) groups is 1. The highest BCUT2D eigenvalue weighted by Gasteiger charge is 2.36. The van der Waals surface area contributed by atoms with E-state index in [1.165, 1.54) is 0 Å². The lowest BCUT2D eigenvalue weighted by Crippen LogP contribution is -2.21. The predicted molar refractivity (Wildman–Crippen MR) is 53.3 cm³/mol. The van der Waals surface area contributed by atoms with Gasteiger partial charge in [0.05, 0.1) is 25.3 Å². The molecule has 0 spiro atoms. The second kappa shape index (κ2) is 5.88. The van der Waals surface area contributed by atoms with Gasteiger partial charge in [0.25, 0.3) is 6.43 Å². The lowest BCUT2D eigenvalue weighted by molar-refractivity contribution is -0.275. The van der Waals surface area contributed by atoms with Crippen LogP contribution in [0.25, 0.3) is 0 Å². The molecule has 5 nitrogen and oxygen atoms in total. The second-order valence-corrected chi connectivity index (χ2v) is 3.44. The number of methoxy groups -OCH3 is 1. The fraction of sp³-hybridized carbons (Fsp3) is 0.400. The van der Waals surface area contributed by atoms with Crippen molar-refractivity contribution in [3.8, 4) is 11.5 Å². The summed E-state index contributed by atoms with van der Waals surface area (Å²) in [7, 11) is 0.943. The number of rotatable bonds is 4. The summed E-state index contributed by atoms with van der Waals surface area (Å²) in [5, 5.41) is 9.38. The molecule has 1 N–H and O–H groups in total. The molecule has 1 aromatic heterocycles. The Hall–Kier alpha value is -2.13. The van der Waals surface area contributed by atoms with E-state index in [1.54, 1.807) is 0 Å². The average molecular weight is 301 g/mol. The third kappa shape index (κ3) is 3.93. The molecule has 0 radical (unpaired) electrons. The highest BCUT2D eigenvalue weighted by Crippen LogP contribution is 2.38. The number of pyridine rings is 1. The van der Waals surface area contributed by atoms with Crippen LogP contribution in [0.5, 0.6) is 11.5 Å². The minimum absolute atomic E-state index is 0.503. The Kier molecular flexibility index (Phi) is 4.69. The van der Waals surface area contributed by atoms with Crippen molar-refractivity contribution in [1.29, 1.82) is 0 Å². The fourth-order valence-corrected chi connectivity index (χ4v) is 1.31. The Morgan fingerprint density at radius 2 is 2.05 bits per heavy atom. The van der Waals surface area contributed by atoms with Gasteiger partial charge in [-0.15, -0.1) is 13.2 Å². The summed E-state index contributed by atoms with van der Waals surface area (Å²) in [6.45, 7) is 0. The molecule has 0 saturated carbocycles. The van der Waals surface area contributed by atoms with Crippen molar-refractivity contribution in [2.75, 3.05) is 7.11 Å². The van der Waals surface area contributed by atoms with Crippen LogP contribution >= 0.6 is 0 Å². The molecule has 1 aromatic rings. The summed E-state index contributed by atoms with van der Waals surface area (Å²) < 4.78 is 69.6. The maximum atomic E-state index is 12.6. The second-order valence-electron chi connectivity index (χ2n) is 3.44. The van der Waals surface area contributed by atoms with E-state index < -0.39 is 47.9 Å². The first kappa shape index (κ1) is 15.9. The van der Waals surface area contributed by atoms with Crippen LogP contribution in [0, 0.1) is 0 Å². The summed E-state index contributed by atoms with van der Waals surface area (Å²) in [5.41, 5.74) is -2.11. The quantitative estimate of drug-likeness (QED) is 0.683. The van der Waals surface area contributed by atoms with Crippen LogP contribution in [0.2, 0.25) is 0 Å².